The molecule has 0 spiro atoms. The molecule has 2 aromatic carbocycles. The van der Waals surface area contributed by atoms with Crippen LogP contribution in [0.25, 0.3) is 0 Å². The Hall–Kier alpha value is -2.99. The van der Waals surface area contributed by atoms with Crippen LogP contribution in [0.2, 0.25) is 0 Å². The third-order valence-corrected chi connectivity index (χ3v) is 7.26. The highest BCUT2D eigenvalue weighted by atomic mass is 32.1. The second-order valence-electron chi connectivity index (χ2n) is 9.27. The average Bonchev–Trinajstić information content (AvgIpc) is 3.11. The predicted octanol–water partition coefficient (Wildman–Crippen LogP) is 6.54. The van der Waals surface area contributed by atoms with Gasteiger partial charge in [-0.25, -0.2) is 4.39 Å². The van der Waals surface area contributed by atoms with Crippen molar-refractivity contribution in [2.24, 2.45) is 11.3 Å². The SMILES string of the molecule is CC(C)(C)C1CCc2c(sc(NC(=O)c3ccccc3F)c2C(=O)Nc2ccccc2)C1. The molecule has 0 aliphatic heterocycles. The van der Waals surface area contributed by atoms with Crippen LogP contribution in [0, 0.1) is 17.2 Å². The lowest BCUT2D eigenvalue weighted by Crippen LogP contribution is -2.27. The van der Waals surface area contributed by atoms with Gasteiger partial charge in [0.1, 0.15) is 10.8 Å². The van der Waals surface area contributed by atoms with Crippen LogP contribution >= 0.6 is 11.3 Å². The van der Waals surface area contributed by atoms with Crippen molar-refractivity contribution in [3.05, 3.63) is 82.0 Å². The highest BCUT2D eigenvalue weighted by Crippen LogP contribution is 2.44. The van der Waals surface area contributed by atoms with Gasteiger partial charge >= 0.3 is 0 Å². The molecule has 0 saturated heterocycles. The van der Waals surface area contributed by atoms with Crippen molar-refractivity contribution < 1.29 is 14.0 Å². The fourth-order valence-corrected chi connectivity index (χ4v) is 5.50. The number of rotatable bonds is 4. The van der Waals surface area contributed by atoms with Gasteiger partial charge in [-0.1, -0.05) is 51.1 Å². The van der Waals surface area contributed by atoms with Crippen molar-refractivity contribution in [1.29, 1.82) is 0 Å². The van der Waals surface area contributed by atoms with Gasteiger partial charge in [0.05, 0.1) is 11.1 Å². The summed E-state index contributed by atoms with van der Waals surface area (Å²) in [6, 6.07) is 15.1. The summed E-state index contributed by atoms with van der Waals surface area (Å²) >= 11 is 1.43. The average molecular weight is 451 g/mol. The van der Waals surface area contributed by atoms with Crippen LogP contribution < -0.4 is 10.6 Å². The summed E-state index contributed by atoms with van der Waals surface area (Å²) < 4.78 is 14.2. The van der Waals surface area contributed by atoms with Gasteiger partial charge in [0, 0.05) is 10.6 Å². The number of thiophene rings is 1. The van der Waals surface area contributed by atoms with Crippen LogP contribution in [-0.4, -0.2) is 11.8 Å². The van der Waals surface area contributed by atoms with Gasteiger partial charge < -0.3 is 10.6 Å². The van der Waals surface area contributed by atoms with Crippen LogP contribution in [0.1, 0.15) is 58.3 Å². The molecule has 1 heterocycles. The molecule has 1 aliphatic carbocycles. The minimum absolute atomic E-state index is 0.0409. The van der Waals surface area contributed by atoms with Crippen LogP contribution in [0.5, 0.6) is 0 Å². The van der Waals surface area contributed by atoms with Crippen molar-refractivity contribution in [2.45, 2.75) is 40.0 Å². The van der Waals surface area contributed by atoms with Gasteiger partial charge in [0.15, 0.2) is 0 Å². The van der Waals surface area contributed by atoms with Gasteiger partial charge in [0.2, 0.25) is 0 Å². The maximum Gasteiger partial charge on any atom is 0.259 e. The predicted molar refractivity (Wildman–Crippen MR) is 128 cm³/mol. The van der Waals surface area contributed by atoms with Gasteiger partial charge in [0.25, 0.3) is 11.8 Å². The first kappa shape index (κ1) is 22.2. The molecule has 0 saturated carbocycles. The van der Waals surface area contributed by atoms with Crippen molar-refractivity contribution in [2.75, 3.05) is 10.6 Å². The zero-order chi connectivity index (χ0) is 22.9. The summed E-state index contributed by atoms with van der Waals surface area (Å²) in [4.78, 5) is 27.3. The number of halogens is 1. The lowest BCUT2D eigenvalue weighted by Gasteiger charge is -2.33. The zero-order valence-electron chi connectivity index (χ0n) is 18.5. The van der Waals surface area contributed by atoms with E-state index in [9.17, 15) is 14.0 Å². The number of amides is 2. The minimum atomic E-state index is -0.589. The molecule has 166 valence electrons. The molecule has 0 bridgehead atoms. The van der Waals surface area contributed by atoms with E-state index in [-0.39, 0.29) is 16.9 Å². The lowest BCUT2D eigenvalue weighted by molar-refractivity contribution is 0.102. The monoisotopic (exact) mass is 450 g/mol. The zero-order valence-corrected chi connectivity index (χ0v) is 19.3. The van der Waals surface area contributed by atoms with E-state index in [0.29, 0.717) is 22.2 Å². The normalized spacial score (nSPS) is 15.7. The summed E-state index contributed by atoms with van der Waals surface area (Å²) in [6.07, 6.45) is 2.63. The van der Waals surface area contributed by atoms with Gasteiger partial charge in [-0.3, -0.25) is 9.59 Å². The second kappa shape index (κ2) is 8.87. The number of carbonyl (C=O) groups excluding carboxylic acids is 2. The molecule has 0 radical (unpaired) electrons. The Balaban J connectivity index is 1.70. The third kappa shape index (κ3) is 4.60. The van der Waals surface area contributed by atoms with E-state index in [2.05, 4.69) is 31.4 Å². The Labute approximate surface area is 191 Å². The number of nitrogens with one attached hydrogen (secondary N) is 2. The van der Waals surface area contributed by atoms with E-state index < -0.39 is 11.7 Å². The van der Waals surface area contributed by atoms with Crippen LogP contribution in [0.4, 0.5) is 15.1 Å². The van der Waals surface area contributed by atoms with Crippen molar-refractivity contribution >= 4 is 33.8 Å². The molecule has 1 atom stereocenters. The fraction of sp³-hybridized carbons (Fsp3) is 0.308. The van der Waals surface area contributed by atoms with Crippen LogP contribution in [0.3, 0.4) is 0 Å². The smallest absolute Gasteiger partial charge is 0.259 e. The maximum absolute atomic E-state index is 14.2. The number of para-hydroxylation sites is 1. The van der Waals surface area contributed by atoms with E-state index >= 15 is 0 Å². The van der Waals surface area contributed by atoms with E-state index in [1.807, 2.05) is 30.3 Å². The summed E-state index contributed by atoms with van der Waals surface area (Å²) in [5.74, 6) is -0.905. The number of hydrogen-bond donors (Lipinski definition) is 2. The molecule has 32 heavy (non-hydrogen) atoms. The van der Waals surface area contributed by atoms with Gasteiger partial charge in [-0.15, -0.1) is 11.3 Å². The standard InChI is InChI=1S/C26H27FN2O2S/c1-26(2,3)16-13-14-19-21(15-16)32-25(29-23(30)18-11-7-8-12-20(18)27)22(19)24(31)28-17-9-5-4-6-10-17/h4-12,16H,13-15H2,1-3H3,(H,28,31)(H,29,30). The number of fused-ring (bicyclic) bond motifs is 1. The third-order valence-electron chi connectivity index (χ3n) is 6.09. The number of carbonyl (C=O) groups is 2. The maximum atomic E-state index is 14.2. The van der Waals surface area contributed by atoms with Crippen molar-refractivity contribution in [1.82, 2.24) is 0 Å². The molecule has 3 aromatic rings. The Bertz CT molecular complexity index is 1150. The summed E-state index contributed by atoms with van der Waals surface area (Å²) in [5, 5.41) is 6.24. The Morgan fingerprint density at radius 3 is 2.34 bits per heavy atom. The van der Waals surface area contributed by atoms with Gasteiger partial charge in [-0.05, 0) is 60.4 Å². The molecule has 4 rings (SSSR count). The summed E-state index contributed by atoms with van der Waals surface area (Å²) in [6.45, 7) is 6.71. The van der Waals surface area contributed by atoms with Crippen molar-refractivity contribution in [3.8, 4) is 0 Å². The Morgan fingerprint density at radius 2 is 1.66 bits per heavy atom. The first-order valence-electron chi connectivity index (χ1n) is 10.8. The molecular weight excluding hydrogens is 423 g/mol. The summed E-state index contributed by atoms with van der Waals surface area (Å²) in [7, 11) is 0. The molecule has 0 fully saturated rings. The summed E-state index contributed by atoms with van der Waals surface area (Å²) in [5.41, 5.74) is 2.29. The lowest BCUT2D eigenvalue weighted by atomic mass is 9.72. The highest BCUT2D eigenvalue weighted by Gasteiger charge is 2.34. The number of anilines is 2. The van der Waals surface area contributed by atoms with Gasteiger partial charge in [-0.2, -0.15) is 0 Å². The Morgan fingerprint density at radius 1 is 0.969 bits per heavy atom. The molecule has 2 N–H and O–H groups in total. The highest BCUT2D eigenvalue weighted by molar-refractivity contribution is 7.17. The van der Waals surface area contributed by atoms with Crippen molar-refractivity contribution in [3.63, 3.8) is 0 Å². The van der Waals surface area contributed by atoms with E-state index in [1.54, 1.807) is 12.1 Å². The van der Waals surface area contributed by atoms with Crippen LogP contribution in [-0.2, 0) is 12.8 Å². The second-order valence-corrected chi connectivity index (χ2v) is 10.4. The topological polar surface area (TPSA) is 58.2 Å². The quantitative estimate of drug-likeness (QED) is 0.474. The molecule has 6 heteroatoms. The first-order valence-corrected chi connectivity index (χ1v) is 11.6. The molecule has 1 aromatic heterocycles. The molecular formula is C26H27FN2O2S. The fourth-order valence-electron chi connectivity index (χ4n) is 4.18. The molecule has 4 nitrogen and oxygen atoms in total. The molecule has 1 aliphatic rings. The number of benzene rings is 2. The largest absolute Gasteiger partial charge is 0.322 e. The minimum Gasteiger partial charge on any atom is -0.322 e. The van der Waals surface area contributed by atoms with E-state index in [1.165, 1.54) is 23.5 Å². The number of hydrogen-bond acceptors (Lipinski definition) is 3. The molecule has 2 amide bonds. The Kier molecular flexibility index (Phi) is 6.15. The first-order chi connectivity index (χ1) is 15.2. The van der Waals surface area contributed by atoms with E-state index in [4.69, 9.17) is 0 Å². The molecule has 1 unspecified atom stereocenters. The van der Waals surface area contributed by atoms with Crippen LogP contribution in [0.15, 0.2) is 54.6 Å². The van der Waals surface area contributed by atoms with E-state index in [0.717, 1.165) is 29.7 Å².